The number of hydrogen-bond acceptors (Lipinski definition) is 1. The average Bonchev–Trinajstić information content (AvgIpc) is 3.36. The lowest BCUT2D eigenvalue weighted by molar-refractivity contribution is 1.67. The second-order valence-corrected chi connectivity index (χ2v) is 10.8. The predicted octanol–water partition coefficient (Wildman–Crippen LogP) is 10.8. The van der Waals surface area contributed by atoms with Gasteiger partial charge in [-0.15, -0.1) is 11.3 Å². The Balaban J connectivity index is 1.56. The third-order valence-electron chi connectivity index (χ3n) is 7.66. The van der Waals surface area contributed by atoms with Gasteiger partial charge in [0.05, 0.1) is 0 Å². The molecular weight excluding hydrogens is 464 g/mol. The van der Waals surface area contributed by atoms with Crippen molar-refractivity contribution in [3.05, 3.63) is 133 Å². The second kappa shape index (κ2) is 8.03. The predicted molar refractivity (Wildman–Crippen MR) is 163 cm³/mol. The molecule has 0 nitrogen and oxygen atoms in total. The average molecular weight is 487 g/mol. The summed E-state index contributed by atoms with van der Waals surface area (Å²) in [5.41, 5.74) is 5.15. The Morgan fingerprint density at radius 2 is 0.865 bits per heavy atom. The van der Waals surface area contributed by atoms with Crippen molar-refractivity contribution in [3.8, 4) is 22.3 Å². The lowest BCUT2D eigenvalue weighted by Gasteiger charge is -2.16. The van der Waals surface area contributed by atoms with Gasteiger partial charge >= 0.3 is 0 Å². The van der Waals surface area contributed by atoms with Gasteiger partial charge in [-0.1, -0.05) is 109 Å². The van der Waals surface area contributed by atoms with Crippen molar-refractivity contribution in [3.63, 3.8) is 0 Å². The van der Waals surface area contributed by atoms with Crippen LogP contribution in [0.5, 0.6) is 0 Å². The van der Waals surface area contributed by atoms with E-state index in [1.807, 2.05) is 11.3 Å². The molecule has 1 heterocycles. The molecule has 0 aliphatic rings. The van der Waals surface area contributed by atoms with E-state index in [1.54, 1.807) is 0 Å². The maximum absolute atomic E-state index is 2.44. The van der Waals surface area contributed by atoms with Crippen LogP contribution in [0, 0.1) is 0 Å². The molecule has 0 atom stereocenters. The normalized spacial score (nSPS) is 11.8. The minimum absolute atomic E-state index is 1.25. The number of thiophene rings is 1. The van der Waals surface area contributed by atoms with Crippen molar-refractivity contribution in [2.45, 2.75) is 0 Å². The smallest absolute Gasteiger partial charge is 0.0361 e. The first-order valence-electron chi connectivity index (χ1n) is 12.7. The molecule has 0 aliphatic heterocycles. The van der Waals surface area contributed by atoms with Crippen LogP contribution in [0.25, 0.3) is 74.7 Å². The zero-order valence-corrected chi connectivity index (χ0v) is 20.9. The Morgan fingerprint density at radius 3 is 1.59 bits per heavy atom. The monoisotopic (exact) mass is 486 g/mol. The van der Waals surface area contributed by atoms with Gasteiger partial charge in [-0.3, -0.25) is 0 Å². The van der Waals surface area contributed by atoms with Crippen LogP contribution in [0.15, 0.2) is 133 Å². The number of hydrogen-bond donors (Lipinski definition) is 0. The maximum atomic E-state index is 2.44. The molecule has 37 heavy (non-hydrogen) atoms. The van der Waals surface area contributed by atoms with E-state index in [9.17, 15) is 0 Å². The summed E-state index contributed by atoms with van der Waals surface area (Å²) in [4.78, 5) is 0. The highest BCUT2D eigenvalue weighted by atomic mass is 32.1. The van der Waals surface area contributed by atoms with E-state index >= 15 is 0 Å². The van der Waals surface area contributed by atoms with Gasteiger partial charge in [0.2, 0.25) is 0 Å². The van der Waals surface area contributed by atoms with Crippen LogP contribution < -0.4 is 0 Å². The molecule has 0 unspecified atom stereocenters. The number of rotatable bonds is 2. The summed E-state index contributed by atoms with van der Waals surface area (Å²) in [6, 6.07) is 49.0. The molecule has 0 radical (unpaired) electrons. The first kappa shape index (κ1) is 20.7. The summed E-state index contributed by atoms with van der Waals surface area (Å²) >= 11 is 1.88. The van der Waals surface area contributed by atoms with E-state index in [1.165, 1.54) is 74.7 Å². The van der Waals surface area contributed by atoms with Gasteiger partial charge in [0.15, 0.2) is 0 Å². The van der Waals surface area contributed by atoms with Gasteiger partial charge in [-0.05, 0) is 78.8 Å². The van der Waals surface area contributed by atoms with E-state index < -0.39 is 0 Å². The van der Waals surface area contributed by atoms with Crippen molar-refractivity contribution >= 4 is 63.8 Å². The maximum Gasteiger partial charge on any atom is 0.0361 e. The van der Waals surface area contributed by atoms with Crippen LogP contribution in [0.1, 0.15) is 0 Å². The summed E-state index contributed by atoms with van der Waals surface area (Å²) in [5.74, 6) is 0. The minimum atomic E-state index is 1.25. The highest BCUT2D eigenvalue weighted by molar-refractivity contribution is 7.25. The molecule has 0 amide bonds. The van der Waals surface area contributed by atoms with Crippen LogP contribution in [-0.2, 0) is 0 Å². The van der Waals surface area contributed by atoms with Crippen molar-refractivity contribution in [1.82, 2.24) is 0 Å². The minimum Gasteiger partial charge on any atom is -0.135 e. The SMILES string of the molecule is c1ccc(-c2cc3c4ccccc4c(-c4cccc5sc6ccccc6c45)cc3c3ccccc23)cc1. The van der Waals surface area contributed by atoms with Crippen molar-refractivity contribution in [1.29, 1.82) is 0 Å². The zero-order chi connectivity index (χ0) is 24.3. The Kier molecular flexibility index (Phi) is 4.49. The Hall–Kier alpha value is -4.46. The number of fused-ring (bicyclic) bond motifs is 8. The van der Waals surface area contributed by atoms with E-state index in [0.29, 0.717) is 0 Å². The summed E-state index contributed by atoms with van der Waals surface area (Å²) in [6.07, 6.45) is 0. The Labute approximate surface area is 219 Å². The molecule has 1 heteroatoms. The van der Waals surface area contributed by atoms with Crippen LogP contribution in [0.2, 0.25) is 0 Å². The van der Waals surface area contributed by atoms with E-state index in [-0.39, 0.29) is 0 Å². The lowest BCUT2D eigenvalue weighted by atomic mass is 9.87. The molecule has 0 saturated carbocycles. The molecule has 7 aromatic carbocycles. The molecule has 0 aliphatic carbocycles. The molecule has 8 rings (SSSR count). The fourth-order valence-electron chi connectivity index (χ4n) is 6.03. The first-order valence-corrected chi connectivity index (χ1v) is 13.5. The van der Waals surface area contributed by atoms with E-state index in [2.05, 4.69) is 133 Å². The highest BCUT2D eigenvalue weighted by Gasteiger charge is 2.17. The van der Waals surface area contributed by atoms with Gasteiger partial charge in [-0.25, -0.2) is 0 Å². The van der Waals surface area contributed by atoms with Crippen LogP contribution in [0.3, 0.4) is 0 Å². The molecule has 0 spiro atoms. The Bertz CT molecular complexity index is 2130. The molecular formula is C36H22S. The molecule has 0 N–H and O–H groups in total. The fourth-order valence-corrected chi connectivity index (χ4v) is 7.16. The third-order valence-corrected chi connectivity index (χ3v) is 8.80. The third kappa shape index (κ3) is 3.08. The zero-order valence-electron chi connectivity index (χ0n) is 20.1. The van der Waals surface area contributed by atoms with Crippen LogP contribution in [0.4, 0.5) is 0 Å². The fraction of sp³-hybridized carbons (Fsp3) is 0. The van der Waals surface area contributed by atoms with Crippen molar-refractivity contribution < 1.29 is 0 Å². The van der Waals surface area contributed by atoms with Gasteiger partial charge in [0, 0.05) is 20.2 Å². The topological polar surface area (TPSA) is 0 Å². The van der Waals surface area contributed by atoms with E-state index in [0.717, 1.165) is 0 Å². The van der Waals surface area contributed by atoms with Gasteiger partial charge in [-0.2, -0.15) is 0 Å². The van der Waals surface area contributed by atoms with Crippen LogP contribution in [-0.4, -0.2) is 0 Å². The Morgan fingerprint density at radius 1 is 0.324 bits per heavy atom. The first-order chi connectivity index (χ1) is 18.4. The molecule has 1 aromatic heterocycles. The van der Waals surface area contributed by atoms with E-state index in [4.69, 9.17) is 0 Å². The second-order valence-electron chi connectivity index (χ2n) is 9.68. The molecule has 0 saturated heterocycles. The highest BCUT2D eigenvalue weighted by Crippen LogP contribution is 2.45. The van der Waals surface area contributed by atoms with Crippen LogP contribution >= 0.6 is 11.3 Å². The lowest BCUT2D eigenvalue weighted by Crippen LogP contribution is -1.89. The summed E-state index contributed by atoms with van der Waals surface area (Å²) in [7, 11) is 0. The quantitative estimate of drug-likeness (QED) is 0.213. The standard InChI is InChI=1S/C36H22S/c1-2-11-23(12-3-1)30-21-32-27-16-7-6-15-26(27)31(22-33(32)25-14-5-4-13-24(25)30)28-18-10-20-35-36(28)29-17-8-9-19-34(29)37-35/h1-22H. The molecule has 0 bridgehead atoms. The summed E-state index contributed by atoms with van der Waals surface area (Å²) in [6.45, 7) is 0. The molecule has 0 fully saturated rings. The van der Waals surface area contributed by atoms with Gasteiger partial charge in [0.25, 0.3) is 0 Å². The number of benzene rings is 7. The summed E-state index contributed by atoms with van der Waals surface area (Å²) in [5, 5.41) is 10.5. The molecule has 172 valence electrons. The van der Waals surface area contributed by atoms with Gasteiger partial charge < -0.3 is 0 Å². The molecule has 8 aromatic rings. The van der Waals surface area contributed by atoms with Crippen molar-refractivity contribution in [2.24, 2.45) is 0 Å². The van der Waals surface area contributed by atoms with Crippen molar-refractivity contribution in [2.75, 3.05) is 0 Å². The van der Waals surface area contributed by atoms with Gasteiger partial charge in [0.1, 0.15) is 0 Å². The summed E-state index contributed by atoms with van der Waals surface area (Å²) < 4.78 is 2.68. The largest absolute Gasteiger partial charge is 0.135 e.